The van der Waals surface area contributed by atoms with Gasteiger partial charge >= 0.3 is 13.6 Å². The fourth-order valence-corrected chi connectivity index (χ4v) is 3.82. The smallest absolute Gasteiger partial charge is 0.357 e. The van der Waals surface area contributed by atoms with Crippen molar-refractivity contribution >= 4 is 19.3 Å². The molecule has 0 aromatic heterocycles. The van der Waals surface area contributed by atoms with Crippen LogP contribution < -0.4 is 0 Å². The van der Waals surface area contributed by atoms with Gasteiger partial charge in [0.2, 0.25) is 0 Å². The topological polar surface area (TPSA) is 182 Å². The molecule has 0 aromatic rings. The highest BCUT2D eigenvalue weighted by Gasteiger charge is 2.41. The van der Waals surface area contributed by atoms with Crippen molar-refractivity contribution in [3.8, 4) is 0 Å². The number of ketones is 1. The lowest BCUT2D eigenvalue weighted by atomic mass is 9.95. The molecule has 0 radical (unpaired) electrons. The van der Waals surface area contributed by atoms with Gasteiger partial charge in [-0.1, -0.05) is 84.0 Å². The van der Waals surface area contributed by atoms with E-state index in [9.17, 15) is 34.6 Å². The van der Waals surface area contributed by atoms with E-state index in [1.54, 1.807) is 0 Å². The summed E-state index contributed by atoms with van der Waals surface area (Å²) in [6.45, 7) is 0.166. The van der Waals surface area contributed by atoms with Gasteiger partial charge in [-0.3, -0.25) is 9.36 Å². The maximum atomic E-state index is 12.2. The number of aliphatic hydroxyl groups is 4. The molecule has 0 aliphatic rings. The summed E-state index contributed by atoms with van der Waals surface area (Å²) in [4.78, 5) is 41.4. The molecule has 0 aliphatic carbocycles. The molecule has 3 atom stereocenters. The van der Waals surface area contributed by atoms with Gasteiger partial charge in [0.15, 0.2) is 23.3 Å². The van der Waals surface area contributed by atoms with Crippen molar-refractivity contribution in [3.05, 3.63) is 0 Å². The Hall–Kier alpha value is -0.870. The number of esters is 1. The van der Waals surface area contributed by atoms with Crippen LogP contribution >= 0.6 is 7.60 Å². The van der Waals surface area contributed by atoms with Crippen molar-refractivity contribution in [1.82, 2.24) is 0 Å². The molecular weight excluding hydrogens is 455 g/mol. The molecule has 0 rings (SSSR count). The van der Waals surface area contributed by atoms with Crippen molar-refractivity contribution in [1.29, 1.82) is 0 Å². The predicted octanol–water partition coefficient (Wildman–Crippen LogP) is 2.16. The molecule has 6 N–H and O–H groups in total. The van der Waals surface area contributed by atoms with Crippen LogP contribution in [0, 0.1) is 0 Å². The minimum Gasteiger partial charge on any atom is -0.460 e. The van der Waals surface area contributed by atoms with Gasteiger partial charge in [-0.2, -0.15) is 0 Å². The number of unbranched alkanes of at least 4 members (excludes halogenated alkanes) is 12. The highest BCUT2D eigenvalue weighted by atomic mass is 31.2. The van der Waals surface area contributed by atoms with Crippen LogP contribution in [0.5, 0.6) is 0 Å². The van der Waals surface area contributed by atoms with Gasteiger partial charge < -0.3 is 34.9 Å². The normalized spacial score (nSPS) is 15.6. The summed E-state index contributed by atoms with van der Waals surface area (Å²) < 4.78 is 15.4. The Kier molecular flexibility index (Phi) is 17.1. The molecule has 0 saturated heterocycles. The standard InChI is InChI=1S/C22H43O10P/c1-2-3-4-5-6-7-8-9-10-11-12-13-14-15-18(24)22(28,16-23)17-32-20(26)19(25)21(27)33(29,30)31/h19,21,23,25,27-28H,2-17H2,1H3,(H2,29,30,31). The van der Waals surface area contributed by atoms with E-state index in [-0.39, 0.29) is 6.42 Å². The van der Waals surface area contributed by atoms with Crippen LogP contribution in [0.3, 0.4) is 0 Å². The molecular formula is C22H43O10P. The number of carbonyl (C=O) groups excluding carboxylic acids is 2. The summed E-state index contributed by atoms with van der Waals surface area (Å²) in [5.74, 6) is -5.08. The van der Waals surface area contributed by atoms with E-state index in [2.05, 4.69) is 11.7 Å². The molecule has 0 aromatic carbocycles. The Bertz CT molecular complexity index is 594. The van der Waals surface area contributed by atoms with E-state index < -0.39 is 50.1 Å². The Balaban J connectivity index is 4.05. The lowest BCUT2D eigenvalue weighted by Gasteiger charge is -2.25. The number of hydrogen-bond acceptors (Lipinski definition) is 8. The summed E-state index contributed by atoms with van der Waals surface area (Å²) >= 11 is 0. The van der Waals surface area contributed by atoms with E-state index in [0.717, 1.165) is 25.7 Å². The molecule has 0 fully saturated rings. The number of hydrogen-bond donors (Lipinski definition) is 6. The monoisotopic (exact) mass is 498 g/mol. The SMILES string of the molecule is CCCCCCCCCCCCCCCC(=O)C(O)(CO)COC(=O)C(O)C(O)P(=O)(O)O. The molecule has 0 bridgehead atoms. The van der Waals surface area contributed by atoms with Crippen LogP contribution in [0.2, 0.25) is 0 Å². The zero-order valence-electron chi connectivity index (χ0n) is 19.7. The largest absolute Gasteiger partial charge is 0.460 e. The highest BCUT2D eigenvalue weighted by molar-refractivity contribution is 7.52. The fourth-order valence-electron chi connectivity index (χ4n) is 3.33. The second-order valence-electron chi connectivity index (χ2n) is 8.66. The zero-order valence-corrected chi connectivity index (χ0v) is 20.6. The van der Waals surface area contributed by atoms with E-state index in [4.69, 9.17) is 9.79 Å². The predicted molar refractivity (Wildman–Crippen MR) is 122 cm³/mol. The Morgan fingerprint density at radius 1 is 0.848 bits per heavy atom. The molecule has 11 heteroatoms. The molecule has 0 saturated carbocycles. The fraction of sp³-hybridized carbons (Fsp3) is 0.909. The third-order valence-electron chi connectivity index (χ3n) is 5.61. The minimum absolute atomic E-state index is 0.0416. The molecule has 0 aliphatic heterocycles. The van der Waals surface area contributed by atoms with Crippen molar-refractivity contribution in [2.75, 3.05) is 13.2 Å². The lowest BCUT2D eigenvalue weighted by molar-refractivity contribution is -0.170. The average molecular weight is 499 g/mol. The van der Waals surface area contributed by atoms with Crippen LogP contribution in [0.1, 0.15) is 96.8 Å². The molecule has 196 valence electrons. The Morgan fingerprint density at radius 2 is 1.27 bits per heavy atom. The summed E-state index contributed by atoms with van der Waals surface area (Å²) in [7, 11) is -5.17. The van der Waals surface area contributed by atoms with Gasteiger partial charge in [-0.05, 0) is 6.42 Å². The van der Waals surface area contributed by atoms with Gasteiger partial charge in [0.25, 0.3) is 0 Å². The minimum atomic E-state index is -5.17. The van der Waals surface area contributed by atoms with Crippen LogP contribution in [-0.2, 0) is 18.9 Å². The van der Waals surface area contributed by atoms with Crippen molar-refractivity contribution in [2.45, 2.75) is 114 Å². The van der Waals surface area contributed by atoms with E-state index in [1.807, 2.05) is 0 Å². The van der Waals surface area contributed by atoms with Crippen LogP contribution in [0.25, 0.3) is 0 Å². The van der Waals surface area contributed by atoms with E-state index in [1.165, 1.54) is 51.4 Å². The van der Waals surface area contributed by atoms with Crippen LogP contribution in [0.4, 0.5) is 0 Å². The first-order chi connectivity index (χ1) is 15.5. The van der Waals surface area contributed by atoms with Crippen molar-refractivity contribution < 1.29 is 49.1 Å². The first kappa shape index (κ1) is 32.1. The number of carbonyl (C=O) groups is 2. The third kappa shape index (κ3) is 14.2. The molecule has 0 amide bonds. The highest BCUT2D eigenvalue weighted by Crippen LogP contribution is 2.41. The lowest BCUT2D eigenvalue weighted by Crippen LogP contribution is -2.48. The summed E-state index contributed by atoms with van der Waals surface area (Å²) in [6, 6.07) is 0. The maximum Gasteiger partial charge on any atom is 0.357 e. The number of rotatable bonds is 21. The van der Waals surface area contributed by atoms with Crippen LogP contribution in [-0.4, -0.2) is 72.7 Å². The first-order valence-corrected chi connectivity index (χ1v) is 13.6. The molecule has 0 spiro atoms. The maximum absolute atomic E-state index is 12.2. The number of Topliss-reactive ketones (excluding diaryl/α,β-unsaturated/α-hetero) is 1. The van der Waals surface area contributed by atoms with E-state index >= 15 is 0 Å². The average Bonchev–Trinajstić information content (AvgIpc) is 2.78. The first-order valence-electron chi connectivity index (χ1n) is 11.9. The van der Waals surface area contributed by atoms with Gasteiger partial charge in [0, 0.05) is 6.42 Å². The third-order valence-corrected chi connectivity index (χ3v) is 6.58. The van der Waals surface area contributed by atoms with Gasteiger partial charge in [-0.15, -0.1) is 0 Å². The van der Waals surface area contributed by atoms with Gasteiger partial charge in [0.1, 0.15) is 6.61 Å². The summed E-state index contributed by atoms with van der Waals surface area (Å²) in [5, 5.41) is 38.2. The number of aliphatic hydroxyl groups excluding tert-OH is 3. The molecule has 10 nitrogen and oxygen atoms in total. The van der Waals surface area contributed by atoms with Crippen LogP contribution in [0.15, 0.2) is 0 Å². The molecule has 3 unspecified atom stereocenters. The van der Waals surface area contributed by atoms with Crippen molar-refractivity contribution in [2.24, 2.45) is 0 Å². The quantitative estimate of drug-likeness (QED) is 0.0779. The van der Waals surface area contributed by atoms with Gasteiger partial charge in [-0.25, -0.2) is 4.79 Å². The van der Waals surface area contributed by atoms with E-state index in [0.29, 0.717) is 6.42 Å². The molecule has 33 heavy (non-hydrogen) atoms. The second-order valence-corrected chi connectivity index (χ2v) is 10.4. The van der Waals surface area contributed by atoms with Gasteiger partial charge in [0.05, 0.1) is 6.61 Å². The second kappa shape index (κ2) is 17.5. The Morgan fingerprint density at radius 3 is 1.67 bits per heavy atom. The number of ether oxygens (including phenoxy) is 1. The summed E-state index contributed by atoms with van der Waals surface area (Å²) in [6.07, 6.45) is 12.0. The van der Waals surface area contributed by atoms with Crippen molar-refractivity contribution in [3.63, 3.8) is 0 Å². The summed E-state index contributed by atoms with van der Waals surface area (Å²) in [5.41, 5.74) is -2.39. The molecule has 0 heterocycles. The zero-order chi connectivity index (χ0) is 25.3. The Labute approximate surface area is 196 Å².